The van der Waals surface area contributed by atoms with Gasteiger partial charge in [-0.1, -0.05) is 12.1 Å². The molecule has 0 aromatic heterocycles. The van der Waals surface area contributed by atoms with Gasteiger partial charge in [-0.3, -0.25) is 4.79 Å². The Labute approximate surface area is 108 Å². The zero-order valence-electron chi connectivity index (χ0n) is 10.7. The molecule has 0 saturated carbocycles. The van der Waals surface area contributed by atoms with Gasteiger partial charge in [0.2, 0.25) is 5.91 Å². The predicted octanol–water partition coefficient (Wildman–Crippen LogP) is 2.08. The predicted molar refractivity (Wildman–Crippen MR) is 74.4 cm³/mol. The molecule has 0 unspecified atom stereocenters. The molecule has 18 heavy (non-hydrogen) atoms. The second-order valence-electron chi connectivity index (χ2n) is 4.79. The molecule has 2 rings (SSSR count). The van der Waals surface area contributed by atoms with E-state index in [0.29, 0.717) is 17.8 Å². The molecule has 0 atom stereocenters. The lowest BCUT2D eigenvalue weighted by molar-refractivity contribution is -0.116. The average Bonchev–Trinajstić information content (AvgIpc) is 2.85. The van der Waals surface area contributed by atoms with E-state index in [1.165, 1.54) is 25.9 Å². The first-order chi connectivity index (χ1) is 8.75. The van der Waals surface area contributed by atoms with E-state index in [2.05, 4.69) is 10.2 Å². The Balaban J connectivity index is 1.70. The Morgan fingerprint density at radius 3 is 2.72 bits per heavy atom. The van der Waals surface area contributed by atoms with Crippen LogP contribution in [0.25, 0.3) is 0 Å². The lowest BCUT2D eigenvalue weighted by Crippen LogP contribution is -2.22. The number of hydrogen-bond donors (Lipinski definition) is 2. The highest BCUT2D eigenvalue weighted by atomic mass is 16.1. The summed E-state index contributed by atoms with van der Waals surface area (Å²) in [5.41, 5.74) is 7.10. The van der Waals surface area contributed by atoms with Crippen LogP contribution in [0.3, 0.4) is 0 Å². The average molecular weight is 247 g/mol. The Morgan fingerprint density at radius 2 is 2.00 bits per heavy atom. The number of hydrogen-bond acceptors (Lipinski definition) is 3. The molecular formula is C14H21N3O. The maximum atomic E-state index is 11.8. The molecule has 3 N–H and O–H groups in total. The fourth-order valence-corrected chi connectivity index (χ4v) is 2.29. The fourth-order valence-electron chi connectivity index (χ4n) is 2.29. The SMILES string of the molecule is Nc1ccccc1NC(=O)CCCN1CCCC1. The number of amides is 1. The van der Waals surface area contributed by atoms with Crippen LogP contribution in [0.1, 0.15) is 25.7 Å². The Bertz CT molecular complexity index is 400. The first-order valence-electron chi connectivity index (χ1n) is 6.62. The summed E-state index contributed by atoms with van der Waals surface area (Å²) in [7, 11) is 0. The monoisotopic (exact) mass is 247 g/mol. The smallest absolute Gasteiger partial charge is 0.224 e. The van der Waals surface area contributed by atoms with Crippen LogP contribution in [-0.2, 0) is 4.79 Å². The van der Waals surface area contributed by atoms with Gasteiger partial charge in [-0.25, -0.2) is 0 Å². The maximum Gasteiger partial charge on any atom is 0.224 e. The van der Waals surface area contributed by atoms with E-state index in [0.717, 1.165) is 13.0 Å². The van der Waals surface area contributed by atoms with Crippen molar-refractivity contribution < 1.29 is 4.79 Å². The van der Waals surface area contributed by atoms with Crippen LogP contribution < -0.4 is 11.1 Å². The number of nitrogens with one attached hydrogen (secondary N) is 1. The Morgan fingerprint density at radius 1 is 1.28 bits per heavy atom. The van der Waals surface area contributed by atoms with E-state index in [9.17, 15) is 4.79 Å². The van der Waals surface area contributed by atoms with E-state index in [-0.39, 0.29) is 5.91 Å². The van der Waals surface area contributed by atoms with Gasteiger partial charge in [0.05, 0.1) is 11.4 Å². The van der Waals surface area contributed by atoms with Crippen LogP contribution in [0, 0.1) is 0 Å². The molecule has 1 fully saturated rings. The third kappa shape index (κ3) is 3.74. The van der Waals surface area contributed by atoms with E-state index in [4.69, 9.17) is 5.73 Å². The molecule has 98 valence electrons. The molecule has 1 saturated heterocycles. The van der Waals surface area contributed by atoms with Gasteiger partial charge in [0.1, 0.15) is 0 Å². The minimum Gasteiger partial charge on any atom is -0.397 e. The zero-order chi connectivity index (χ0) is 12.8. The summed E-state index contributed by atoms with van der Waals surface area (Å²) in [5, 5.41) is 2.85. The number of likely N-dealkylation sites (tertiary alicyclic amines) is 1. The van der Waals surface area contributed by atoms with Crippen molar-refractivity contribution in [1.82, 2.24) is 4.90 Å². The summed E-state index contributed by atoms with van der Waals surface area (Å²) in [6.07, 6.45) is 4.07. The van der Waals surface area contributed by atoms with Gasteiger partial charge in [0, 0.05) is 6.42 Å². The van der Waals surface area contributed by atoms with Crippen LogP contribution in [0.2, 0.25) is 0 Å². The minimum absolute atomic E-state index is 0.0482. The first kappa shape index (κ1) is 12.9. The summed E-state index contributed by atoms with van der Waals surface area (Å²) in [5.74, 6) is 0.0482. The second-order valence-corrected chi connectivity index (χ2v) is 4.79. The summed E-state index contributed by atoms with van der Waals surface area (Å²) in [6.45, 7) is 3.40. The molecule has 0 spiro atoms. The van der Waals surface area contributed by atoms with Gasteiger partial charge >= 0.3 is 0 Å². The quantitative estimate of drug-likeness (QED) is 0.783. The van der Waals surface area contributed by atoms with Gasteiger partial charge in [-0.05, 0) is 51.0 Å². The van der Waals surface area contributed by atoms with Crippen LogP contribution in [0.15, 0.2) is 24.3 Å². The van der Waals surface area contributed by atoms with E-state index < -0.39 is 0 Å². The first-order valence-corrected chi connectivity index (χ1v) is 6.62. The third-order valence-corrected chi connectivity index (χ3v) is 3.31. The van der Waals surface area contributed by atoms with Crippen molar-refractivity contribution in [3.05, 3.63) is 24.3 Å². The number of carbonyl (C=O) groups is 1. The molecule has 4 nitrogen and oxygen atoms in total. The molecule has 1 aromatic carbocycles. The summed E-state index contributed by atoms with van der Waals surface area (Å²) < 4.78 is 0. The normalized spacial score (nSPS) is 15.8. The van der Waals surface area contributed by atoms with E-state index in [1.54, 1.807) is 6.07 Å². The van der Waals surface area contributed by atoms with Crippen molar-refractivity contribution in [3.8, 4) is 0 Å². The summed E-state index contributed by atoms with van der Waals surface area (Å²) in [4.78, 5) is 14.2. The van der Waals surface area contributed by atoms with Crippen molar-refractivity contribution in [1.29, 1.82) is 0 Å². The van der Waals surface area contributed by atoms with Crippen LogP contribution in [0.4, 0.5) is 11.4 Å². The van der Waals surface area contributed by atoms with Crippen LogP contribution in [-0.4, -0.2) is 30.4 Å². The molecule has 1 aromatic rings. The van der Waals surface area contributed by atoms with Crippen molar-refractivity contribution in [2.24, 2.45) is 0 Å². The molecule has 1 heterocycles. The van der Waals surface area contributed by atoms with Gasteiger partial charge < -0.3 is 16.0 Å². The van der Waals surface area contributed by atoms with Crippen molar-refractivity contribution >= 4 is 17.3 Å². The largest absolute Gasteiger partial charge is 0.397 e. The molecule has 0 bridgehead atoms. The number of carbonyl (C=O) groups excluding carboxylic acids is 1. The minimum atomic E-state index is 0.0482. The lowest BCUT2D eigenvalue weighted by Gasteiger charge is -2.14. The number of para-hydroxylation sites is 2. The van der Waals surface area contributed by atoms with Crippen LogP contribution in [0.5, 0.6) is 0 Å². The van der Waals surface area contributed by atoms with Gasteiger partial charge in [0.25, 0.3) is 0 Å². The number of nitrogen functional groups attached to an aromatic ring is 1. The van der Waals surface area contributed by atoms with E-state index >= 15 is 0 Å². The Hall–Kier alpha value is -1.55. The standard InChI is InChI=1S/C14H21N3O/c15-12-6-1-2-7-13(12)16-14(18)8-5-11-17-9-3-4-10-17/h1-2,6-7H,3-5,8-11,15H2,(H,16,18). The number of anilines is 2. The van der Waals surface area contributed by atoms with E-state index in [1.807, 2.05) is 18.2 Å². The topological polar surface area (TPSA) is 58.4 Å². The lowest BCUT2D eigenvalue weighted by atomic mass is 10.2. The zero-order valence-corrected chi connectivity index (χ0v) is 10.7. The molecule has 1 aliphatic heterocycles. The molecule has 4 heteroatoms. The second kappa shape index (κ2) is 6.40. The highest BCUT2D eigenvalue weighted by Gasteiger charge is 2.11. The highest BCUT2D eigenvalue weighted by molar-refractivity contribution is 5.93. The summed E-state index contributed by atoms with van der Waals surface area (Å²) in [6, 6.07) is 7.35. The number of rotatable bonds is 5. The maximum absolute atomic E-state index is 11.8. The molecule has 1 aliphatic rings. The molecule has 1 amide bonds. The van der Waals surface area contributed by atoms with Crippen molar-refractivity contribution in [2.75, 3.05) is 30.7 Å². The van der Waals surface area contributed by atoms with Gasteiger partial charge in [-0.2, -0.15) is 0 Å². The number of nitrogens with two attached hydrogens (primary N) is 1. The van der Waals surface area contributed by atoms with Crippen molar-refractivity contribution in [3.63, 3.8) is 0 Å². The molecule has 0 aliphatic carbocycles. The fraction of sp³-hybridized carbons (Fsp3) is 0.500. The highest BCUT2D eigenvalue weighted by Crippen LogP contribution is 2.17. The number of benzene rings is 1. The van der Waals surface area contributed by atoms with Crippen molar-refractivity contribution in [2.45, 2.75) is 25.7 Å². The molecule has 0 radical (unpaired) electrons. The van der Waals surface area contributed by atoms with Gasteiger partial charge in [-0.15, -0.1) is 0 Å². The third-order valence-electron chi connectivity index (χ3n) is 3.31. The summed E-state index contributed by atoms with van der Waals surface area (Å²) >= 11 is 0. The number of nitrogens with zero attached hydrogens (tertiary/aromatic N) is 1. The molecular weight excluding hydrogens is 226 g/mol. The Kier molecular flexibility index (Phi) is 4.59. The van der Waals surface area contributed by atoms with Gasteiger partial charge in [0.15, 0.2) is 0 Å². The van der Waals surface area contributed by atoms with Crippen LogP contribution >= 0.6 is 0 Å².